The fourth-order valence-electron chi connectivity index (χ4n) is 2.49. The third kappa shape index (κ3) is 1.54. The second kappa shape index (κ2) is 4.19. The van der Waals surface area contributed by atoms with Crippen LogP contribution in [0.15, 0.2) is 10.9 Å². The molecule has 0 saturated carbocycles. The maximum atomic E-state index is 11.9. The zero-order chi connectivity index (χ0) is 14.4. The lowest BCUT2D eigenvalue weighted by Crippen LogP contribution is -2.37. The zero-order valence-corrected chi connectivity index (χ0v) is 11.0. The second-order valence-corrected chi connectivity index (χ2v) is 4.70. The first-order valence-corrected chi connectivity index (χ1v) is 6.18. The first kappa shape index (κ1) is 12.4. The van der Waals surface area contributed by atoms with Gasteiger partial charge in [-0.15, -0.1) is 0 Å². The van der Waals surface area contributed by atoms with E-state index in [9.17, 15) is 14.4 Å². The predicted molar refractivity (Wildman–Crippen MR) is 70.8 cm³/mol. The Morgan fingerprint density at radius 3 is 2.95 bits per heavy atom. The van der Waals surface area contributed by atoms with Crippen LogP contribution in [0.1, 0.15) is 33.9 Å². The maximum Gasteiger partial charge on any atom is 0.273 e. The molecule has 104 valence electrons. The van der Waals surface area contributed by atoms with E-state index in [1.807, 2.05) is 6.92 Å². The quantitative estimate of drug-likeness (QED) is 0.645. The molecule has 8 nitrogen and oxygen atoms in total. The second-order valence-electron chi connectivity index (χ2n) is 4.70. The molecule has 0 radical (unpaired) electrons. The van der Waals surface area contributed by atoms with E-state index in [-0.39, 0.29) is 23.0 Å². The topological polar surface area (TPSA) is 109 Å². The van der Waals surface area contributed by atoms with Crippen LogP contribution in [0.4, 0.5) is 0 Å². The molecule has 3 rings (SSSR count). The molecule has 0 spiro atoms. The minimum Gasteiger partial charge on any atom is -0.354 e. The highest BCUT2D eigenvalue weighted by Crippen LogP contribution is 2.26. The number of amides is 2. The summed E-state index contributed by atoms with van der Waals surface area (Å²) in [4.78, 5) is 35.7. The Labute approximate surface area is 113 Å². The van der Waals surface area contributed by atoms with Gasteiger partial charge < -0.3 is 15.2 Å². The lowest BCUT2D eigenvalue weighted by molar-refractivity contribution is 0.0915. The van der Waals surface area contributed by atoms with Crippen LogP contribution >= 0.6 is 0 Å². The molecule has 2 aromatic rings. The molecule has 2 amide bonds. The fourth-order valence-corrected chi connectivity index (χ4v) is 2.49. The summed E-state index contributed by atoms with van der Waals surface area (Å²) in [6, 6.07) is 1.43. The Morgan fingerprint density at radius 2 is 2.25 bits per heavy atom. The highest BCUT2D eigenvalue weighted by molar-refractivity contribution is 6.07. The number of fused-ring (bicyclic) bond motifs is 3. The molecule has 0 aromatic carbocycles. The number of carbonyl (C=O) groups is 2. The molecule has 0 saturated heterocycles. The van der Waals surface area contributed by atoms with E-state index in [0.717, 1.165) is 0 Å². The number of aromatic amines is 1. The van der Waals surface area contributed by atoms with Crippen molar-refractivity contribution in [1.29, 1.82) is 0 Å². The van der Waals surface area contributed by atoms with E-state index in [1.165, 1.54) is 13.1 Å². The van der Waals surface area contributed by atoms with Gasteiger partial charge in [-0.25, -0.2) is 5.10 Å². The number of nitrogens with zero attached hydrogens (tertiary/aromatic N) is 2. The average Bonchev–Trinajstić information content (AvgIpc) is 2.85. The first-order valence-electron chi connectivity index (χ1n) is 6.18. The van der Waals surface area contributed by atoms with Crippen LogP contribution in [0.25, 0.3) is 10.9 Å². The zero-order valence-electron chi connectivity index (χ0n) is 11.0. The van der Waals surface area contributed by atoms with Gasteiger partial charge in [-0.3, -0.25) is 14.4 Å². The highest BCUT2D eigenvalue weighted by atomic mass is 16.2. The van der Waals surface area contributed by atoms with Crippen LogP contribution < -0.4 is 16.2 Å². The van der Waals surface area contributed by atoms with Crippen LogP contribution in [-0.4, -0.2) is 40.2 Å². The SMILES string of the molecule is CNC(=O)c1n[nH]c(=O)c2cc3n(c12)C(C)CNC3=O. The molecule has 1 atom stereocenters. The standard InChI is InChI=1S/C12H13N5O3/c1-5-4-14-11(19)7-3-6-9(17(5)7)8(12(20)13-2)15-16-10(6)18/h3,5H,4H2,1-2H3,(H,13,20)(H,14,19)(H,16,18). The number of rotatable bonds is 1. The summed E-state index contributed by atoms with van der Waals surface area (Å²) in [5.74, 6) is -0.674. The summed E-state index contributed by atoms with van der Waals surface area (Å²) in [7, 11) is 1.48. The van der Waals surface area contributed by atoms with Crippen LogP contribution in [-0.2, 0) is 0 Å². The molecule has 0 fully saturated rings. The summed E-state index contributed by atoms with van der Waals surface area (Å²) >= 11 is 0. The molecule has 0 aliphatic carbocycles. The largest absolute Gasteiger partial charge is 0.354 e. The molecular formula is C12H13N5O3. The van der Waals surface area contributed by atoms with Gasteiger partial charge in [0.25, 0.3) is 17.4 Å². The number of H-pyrrole nitrogens is 1. The lowest BCUT2D eigenvalue weighted by Gasteiger charge is -2.24. The summed E-state index contributed by atoms with van der Waals surface area (Å²) in [6.07, 6.45) is 0. The molecule has 1 unspecified atom stereocenters. The Bertz CT molecular complexity index is 788. The first-order chi connectivity index (χ1) is 9.54. The molecule has 8 heteroatoms. The number of nitrogens with one attached hydrogen (secondary N) is 3. The molecule has 0 bridgehead atoms. The Hall–Kier alpha value is -2.64. The highest BCUT2D eigenvalue weighted by Gasteiger charge is 2.28. The number of carbonyl (C=O) groups excluding carboxylic acids is 2. The van der Waals surface area contributed by atoms with E-state index in [4.69, 9.17) is 0 Å². The van der Waals surface area contributed by atoms with E-state index in [2.05, 4.69) is 20.8 Å². The third-order valence-corrected chi connectivity index (χ3v) is 3.45. The Balaban J connectivity index is 2.45. The monoisotopic (exact) mass is 275 g/mol. The van der Waals surface area contributed by atoms with E-state index < -0.39 is 11.5 Å². The van der Waals surface area contributed by atoms with Crippen LogP contribution in [0.2, 0.25) is 0 Å². The van der Waals surface area contributed by atoms with Gasteiger partial charge in [-0.2, -0.15) is 5.10 Å². The minimum atomic E-state index is -0.422. The van der Waals surface area contributed by atoms with Crippen molar-refractivity contribution in [2.75, 3.05) is 13.6 Å². The van der Waals surface area contributed by atoms with Gasteiger partial charge in [-0.1, -0.05) is 0 Å². The van der Waals surface area contributed by atoms with Gasteiger partial charge in [0.05, 0.1) is 10.9 Å². The van der Waals surface area contributed by atoms with Gasteiger partial charge in [0.2, 0.25) is 0 Å². The van der Waals surface area contributed by atoms with Crippen molar-refractivity contribution in [2.45, 2.75) is 13.0 Å². The predicted octanol–water partition coefficient (Wildman–Crippen LogP) is -0.611. The molecule has 2 aromatic heterocycles. The van der Waals surface area contributed by atoms with Crippen LogP contribution in [0.3, 0.4) is 0 Å². The summed E-state index contributed by atoms with van der Waals surface area (Å²) < 4.78 is 1.70. The minimum absolute atomic E-state index is 0.0628. The summed E-state index contributed by atoms with van der Waals surface area (Å²) in [6.45, 7) is 2.34. The molecule has 1 aliphatic rings. The molecular weight excluding hydrogens is 262 g/mol. The average molecular weight is 275 g/mol. The normalized spacial score (nSPS) is 17.7. The van der Waals surface area contributed by atoms with Gasteiger partial charge in [0, 0.05) is 19.6 Å². The van der Waals surface area contributed by atoms with Crippen molar-refractivity contribution in [1.82, 2.24) is 25.4 Å². The smallest absolute Gasteiger partial charge is 0.273 e. The number of hydrogen-bond donors (Lipinski definition) is 3. The van der Waals surface area contributed by atoms with Crippen molar-refractivity contribution < 1.29 is 9.59 Å². The van der Waals surface area contributed by atoms with Gasteiger partial charge in [0.1, 0.15) is 5.69 Å². The number of aromatic nitrogens is 3. The van der Waals surface area contributed by atoms with Gasteiger partial charge in [0.15, 0.2) is 5.69 Å². The van der Waals surface area contributed by atoms with Crippen molar-refractivity contribution in [2.24, 2.45) is 0 Å². The lowest BCUT2D eigenvalue weighted by atomic mass is 10.2. The van der Waals surface area contributed by atoms with Crippen molar-refractivity contribution in [3.8, 4) is 0 Å². The van der Waals surface area contributed by atoms with E-state index >= 15 is 0 Å². The summed E-state index contributed by atoms with van der Waals surface area (Å²) in [5, 5.41) is 11.6. The third-order valence-electron chi connectivity index (χ3n) is 3.45. The number of hydrogen-bond acceptors (Lipinski definition) is 4. The maximum absolute atomic E-state index is 11.9. The molecule has 3 N–H and O–H groups in total. The fraction of sp³-hybridized carbons (Fsp3) is 0.333. The van der Waals surface area contributed by atoms with Crippen molar-refractivity contribution in [3.63, 3.8) is 0 Å². The summed E-state index contributed by atoms with van der Waals surface area (Å²) in [5.41, 5.74) is 0.442. The Morgan fingerprint density at radius 1 is 1.50 bits per heavy atom. The van der Waals surface area contributed by atoms with E-state index in [0.29, 0.717) is 17.8 Å². The Kier molecular flexibility index (Phi) is 2.60. The van der Waals surface area contributed by atoms with Crippen molar-refractivity contribution >= 4 is 22.7 Å². The van der Waals surface area contributed by atoms with Crippen LogP contribution in [0, 0.1) is 0 Å². The van der Waals surface area contributed by atoms with Crippen molar-refractivity contribution in [3.05, 3.63) is 27.8 Å². The molecule has 20 heavy (non-hydrogen) atoms. The van der Waals surface area contributed by atoms with Gasteiger partial charge >= 0.3 is 0 Å². The van der Waals surface area contributed by atoms with Gasteiger partial charge in [-0.05, 0) is 13.0 Å². The molecule has 3 heterocycles. The van der Waals surface area contributed by atoms with E-state index in [1.54, 1.807) is 4.57 Å². The molecule has 1 aliphatic heterocycles. The van der Waals surface area contributed by atoms with Crippen LogP contribution in [0.5, 0.6) is 0 Å².